The Kier molecular flexibility index (Phi) is 5.49. The minimum atomic E-state index is -1.11. The zero-order chi connectivity index (χ0) is 20.3. The van der Waals surface area contributed by atoms with Gasteiger partial charge in [0.25, 0.3) is 0 Å². The number of carbonyl (C=O) groups is 2. The van der Waals surface area contributed by atoms with Crippen LogP contribution < -0.4 is 22.1 Å². The van der Waals surface area contributed by atoms with E-state index in [2.05, 4.69) is 51.2 Å². The molecule has 0 unspecified atom stereocenters. The fourth-order valence-electron chi connectivity index (χ4n) is 2.15. The molecule has 2 amide bonds. The Labute approximate surface area is 162 Å². The number of hydrogen-bond acceptors (Lipinski definition) is 9. The van der Waals surface area contributed by atoms with Gasteiger partial charge in [-0.1, -0.05) is 5.16 Å². The average molecular weight is 456 g/mol. The van der Waals surface area contributed by atoms with Gasteiger partial charge in [-0.3, -0.25) is 14.1 Å². The van der Waals surface area contributed by atoms with E-state index in [0.717, 1.165) is 10.6 Å². The minimum Gasteiger partial charge on any atom is -0.363 e. The zero-order valence-corrected chi connectivity index (χ0v) is 15.4. The molecule has 0 saturated heterocycles. The Morgan fingerprint density at radius 1 is 1.25 bits per heavy atom. The predicted molar refractivity (Wildman–Crippen MR) is 93.7 cm³/mol. The number of primary amides is 1. The number of nitrogens with one attached hydrogen (secondary N) is 2. The lowest BCUT2D eigenvalue weighted by Crippen LogP contribution is -2.38. The predicted octanol–water partition coefficient (Wildman–Crippen LogP) is -0.210. The number of amides is 2. The van der Waals surface area contributed by atoms with Crippen molar-refractivity contribution in [3.63, 3.8) is 0 Å². The summed E-state index contributed by atoms with van der Waals surface area (Å²) in [7, 11) is 0. The molecule has 2 aromatic heterocycles. The summed E-state index contributed by atoms with van der Waals surface area (Å²) in [6, 6.07) is 3.86. The van der Waals surface area contributed by atoms with Gasteiger partial charge in [0.2, 0.25) is 11.6 Å². The van der Waals surface area contributed by atoms with Crippen LogP contribution in [0.25, 0.3) is 17.2 Å². The maximum Gasteiger partial charge on any atom is 0.446 e. The summed E-state index contributed by atoms with van der Waals surface area (Å²) < 4.78 is 24.0. The highest BCUT2D eigenvalue weighted by atomic mass is 79.9. The van der Waals surface area contributed by atoms with Crippen LogP contribution in [0.4, 0.5) is 10.2 Å². The normalized spacial score (nSPS) is 10.6. The standard InChI is InChI=1S/C14H11BrFN7O5/c15-7-5-6(1-2-8(7)16)23-12(22-27-14(23)26)9-11(21-28-20-9)18-3-4-19-13(25)10(17)24/h1-2,5H,3-4H2,(H2,17,24)(H,18,21)(H,19,25). The van der Waals surface area contributed by atoms with Gasteiger partial charge in [-0.05, 0) is 44.4 Å². The molecule has 4 N–H and O–H groups in total. The van der Waals surface area contributed by atoms with Crippen molar-refractivity contribution in [2.45, 2.75) is 0 Å². The van der Waals surface area contributed by atoms with Crippen molar-refractivity contribution in [2.24, 2.45) is 5.73 Å². The number of nitrogens with two attached hydrogens (primary N) is 1. The number of benzene rings is 1. The van der Waals surface area contributed by atoms with Crippen LogP contribution in [0.3, 0.4) is 0 Å². The molecule has 14 heteroatoms. The highest BCUT2D eigenvalue weighted by molar-refractivity contribution is 9.10. The van der Waals surface area contributed by atoms with Crippen LogP contribution in [0.5, 0.6) is 0 Å². The lowest BCUT2D eigenvalue weighted by Gasteiger charge is -2.06. The molecule has 0 aliphatic heterocycles. The maximum atomic E-state index is 13.5. The number of halogens is 2. The zero-order valence-electron chi connectivity index (χ0n) is 13.8. The second-order valence-electron chi connectivity index (χ2n) is 5.21. The molecule has 0 bridgehead atoms. The molecule has 0 saturated carbocycles. The topological polar surface area (TPSA) is 171 Å². The van der Waals surface area contributed by atoms with Crippen molar-refractivity contribution < 1.29 is 23.1 Å². The largest absolute Gasteiger partial charge is 0.446 e. The van der Waals surface area contributed by atoms with Crippen LogP contribution >= 0.6 is 15.9 Å². The second-order valence-corrected chi connectivity index (χ2v) is 6.07. The molecule has 2 heterocycles. The third-order valence-corrected chi connectivity index (χ3v) is 4.00. The van der Waals surface area contributed by atoms with Crippen molar-refractivity contribution in [2.75, 3.05) is 18.4 Å². The van der Waals surface area contributed by atoms with Gasteiger partial charge in [-0.25, -0.2) is 18.4 Å². The van der Waals surface area contributed by atoms with E-state index >= 15 is 0 Å². The van der Waals surface area contributed by atoms with Crippen molar-refractivity contribution in [3.05, 3.63) is 39.0 Å². The van der Waals surface area contributed by atoms with Crippen molar-refractivity contribution in [1.82, 2.24) is 25.4 Å². The second kappa shape index (κ2) is 7.99. The molecule has 0 aliphatic carbocycles. The van der Waals surface area contributed by atoms with Crippen molar-refractivity contribution >= 4 is 33.6 Å². The van der Waals surface area contributed by atoms with E-state index in [1.54, 1.807) is 0 Å². The van der Waals surface area contributed by atoms with Crippen molar-refractivity contribution in [1.29, 1.82) is 0 Å². The molecular formula is C14H11BrFN7O5. The molecule has 3 aromatic rings. The summed E-state index contributed by atoms with van der Waals surface area (Å²) >= 11 is 3.04. The molecule has 12 nitrogen and oxygen atoms in total. The molecule has 28 heavy (non-hydrogen) atoms. The molecular weight excluding hydrogens is 445 g/mol. The summed E-state index contributed by atoms with van der Waals surface area (Å²) in [5.74, 6) is -3.35. The van der Waals surface area contributed by atoms with Gasteiger partial charge in [0, 0.05) is 13.1 Å². The van der Waals surface area contributed by atoms with Gasteiger partial charge < -0.3 is 16.4 Å². The van der Waals surface area contributed by atoms with Gasteiger partial charge in [-0.15, -0.1) is 0 Å². The first-order valence-corrected chi connectivity index (χ1v) is 8.36. The number of nitrogens with zero attached hydrogens (tertiary/aromatic N) is 4. The van der Waals surface area contributed by atoms with Gasteiger partial charge in [0.05, 0.1) is 10.2 Å². The van der Waals surface area contributed by atoms with Gasteiger partial charge in [0.15, 0.2) is 5.69 Å². The van der Waals surface area contributed by atoms with Crippen molar-refractivity contribution in [3.8, 4) is 17.2 Å². The number of aromatic nitrogens is 4. The molecule has 0 fully saturated rings. The molecule has 0 atom stereocenters. The third-order valence-electron chi connectivity index (χ3n) is 3.39. The number of anilines is 1. The van der Waals surface area contributed by atoms with Crippen LogP contribution in [0.1, 0.15) is 0 Å². The van der Waals surface area contributed by atoms with E-state index in [1.807, 2.05) is 0 Å². The Morgan fingerprint density at radius 2 is 2.04 bits per heavy atom. The molecule has 1 aromatic carbocycles. The van der Waals surface area contributed by atoms with Crippen LogP contribution in [0.2, 0.25) is 0 Å². The first kappa shape index (κ1) is 19.2. The minimum absolute atomic E-state index is 0.0347. The molecule has 0 aliphatic rings. The molecule has 146 valence electrons. The maximum absolute atomic E-state index is 13.5. The van der Waals surface area contributed by atoms with E-state index in [1.165, 1.54) is 12.1 Å². The Bertz CT molecular complexity index is 1090. The van der Waals surface area contributed by atoms with Crippen LogP contribution in [0.15, 0.2) is 36.6 Å². The lowest BCUT2D eigenvalue weighted by molar-refractivity contribution is -0.137. The summed E-state index contributed by atoms with van der Waals surface area (Å²) in [5, 5.41) is 16.1. The van der Waals surface area contributed by atoms with E-state index < -0.39 is 23.4 Å². The van der Waals surface area contributed by atoms with Crippen LogP contribution in [-0.4, -0.2) is 44.9 Å². The van der Waals surface area contributed by atoms with E-state index in [0.29, 0.717) is 0 Å². The molecule has 0 radical (unpaired) electrons. The highest BCUT2D eigenvalue weighted by Gasteiger charge is 2.23. The fourth-order valence-corrected chi connectivity index (χ4v) is 2.51. The Balaban J connectivity index is 1.83. The first-order valence-electron chi connectivity index (χ1n) is 7.57. The number of rotatable bonds is 6. The third kappa shape index (κ3) is 3.90. The van der Waals surface area contributed by atoms with Crippen LogP contribution in [0, 0.1) is 5.82 Å². The van der Waals surface area contributed by atoms with E-state index in [-0.39, 0.29) is 40.6 Å². The smallest absolute Gasteiger partial charge is 0.363 e. The number of carbonyl (C=O) groups excluding carboxylic acids is 2. The first-order chi connectivity index (χ1) is 13.4. The summed E-state index contributed by atoms with van der Waals surface area (Å²) in [5.41, 5.74) is 5.12. The Morgan fingerprint density at radius 3 is 2.75 bits per heavy atom. The highest BCUT2D eigenvalue weighted by Crippen LogP contribution is 2.25. The Hall–Kier alpha value is -3.55. The van der Waals surface area contributed by atoms with Gasteiger partial charge >= 0.3 is 17.6 Å². The monoisotopic (exact) mass is 455 g/mol. The fraction of sp³-hybridized carbons (Fsp3) is 0.143. The summed E-state index contributed by atoms with van der Waals surface area (Å²) in [6.07, 6.45) is 0. The van der Waals surface area contributed by atoms with E-state index in [4.69, 9.17) is 5.73 Å². The number of hydrogen-bond donors (Lipinski definition) is 3. The lowest BCUT2D eigenvalue weighted by atomic mass is 10.3. The SMILES string of the molecule is NC(=O)C(=O)NCCNc1nonc1-c1noc(=O)n1-c1ccc(F)c(Br)c1. The quantitative estimate of drug-likeness (QED) is 0.335. The van der Waals surface area contributed by atoms with Gasteiger partial charge in [-0.2, -0.15) is 0 Å². The average Bonchev–Trinajstić information content (AvgIpc) is 3.27. The summed E-state index contributed by atoms with van der Waals surface area (Å²) in [4.78, 5) is 33.8. The van der Waals surface area contributed by atoms with Crippen LogP contribution in [-0.2, 0) is 9.59 Å². The van der Waals surface area contributed by atoms with E-state index in [9.17, 15) is 18.8 Å². The molecule has 3 rings (SSSR count). The molecule has 0 spiro atoms. The van der Waals surface area contributed by atoms with Gasteiger partial charge in [0.1, 0.15) is 5.82 Å². The summed E-state index contributed by atoms with van der Waals surface area (Å²) in [6.45, 7) is 0.176.